The number of hydrogen-bond donors (Lipinski definition) is 1. The number of fused-ring (bicyclic) bond motifs is 1. The van der Waals surface area contributed by atoms with Crippen LogP contribution in [0.5, 0.6) is 5.75 Å². The molecular weight excluding hydrogens is 518 g/mol. The Morgan fingerprint density at radius 1 is 1.18 bits per heavy atom. The Morgan fingerprint density at radius 2 is 2.00 bits per heavy atom. The lowest BCUT2D eigenvalue weighted by Gasteiger charge is -2.48. The number of sulfone groups is 1. The average molecular weight is 550 g/mol. The molecule has 0 aliphatic carbocycles. The summed E-state index contributed by atoms with van der Waals surface area (Å²) in [6, 6.07) is 8.08. The van der Waals surface area contributed by atoms with Crippen LogP contribution in [0.1, 0.15) is 12.6 Å². The molecule has 2 aliphatic heterocycles. The number of nitrogens with zero attached hydrogens (tertiary/aromatic N) is 6. The summed E-state index contributed by atoms with van der Waals surface area (Å²) in [4.78, 5) is 16.2. The Morgan fingerprint density at radius 3 is 2.69 bits per heavy atom. The minimum atomic E-state index is -3.05. The molecule has 6 rings (SSSR count). The topological polar surface area (TPSA) is 124 Å². The van der Waals surface area contributed by atoms with E-state index in [2.05, 4.69) is 22.1 Å². The maximum Gasteiger partial charge on any atom is 0.158 e. The summed E-state index contributed by atoms with van der Waals surface area (Å²) in [5.41, 5.74) is 4.17. The highest BCUT2D eigenvalue weighted by atomic mass is 32.2. The van der Waals surface area contributed by atoms with Crippen molar-refractivity contribution in [2.45, 2.75) is 25.9 Å². The molecule has 204 valence electrons. The van der Waals surface area contributed by atoms with Crippen LogP contribution < -0.4 is 15.0 Å². The summed E-state index contributed by atoms with van der Waals surface area (Å²) >= 11 is 0. The van der Waals surface area contributed by atoms with Gasteiger partial charge in [-0.25, -0.2) is 18.1 Å². The van der Waals surface area contributed by atoms with Gasteiger partial charge in [-0.15, -0.1) is 0 Å². The molecule has 0 aromatic carbocycles. The minimum absolute atomic E-state index is 0.0836. The highest BCUT2D eigenvalue weighted by molar-refractivity contribution is 7.90. The SMILES string of the molecule is COc1ccncc1-c1cc2c(cnn2-c2cc(N3C[C@H](CS(C)(=O)=O)[C@H]3C)cc(NC3COC3)n2)c(C)n1. The van der Waals surface area contributed by atoms with Crippen LogP contribution in [0.2, 0.25) is 0 Å². The Hall–Kier alpha value is -3.77. The van der Waals surface area contributed by atoms with E-state index in [0.29, 0.717) is 31.3 Å². The number of ether oxygens (including phenoxy) is 2. The first-order valence-electron chi connectivity index (χ1n) is 12.8. The van der Waals surface area contributed by atoms with E-state index in [-0.39, 0.29) is 23.8 Å². The summed E-state index contributed by atoms with van der Waals surface area (Å²) in [6.45, 7) is 5.95. The highest BCUT2D eigenvalue weighted by Gasteiger charge is 2.38. The molecule has 11 nitrogen and oxygen atoms in total. The van der Waals surface area contributed by atoms with Crippen LogP contribution in [-0.4, -0.2) is 84.1 Å². The molecule has 4 aromatic heterocycles. The number of hydrogen-bond acceptors (Lipinski definition) is 10. The van der Waals surface area contributed by atoms with Crippen LogP contribution in [0.25, 0.3) is 28.0 Å². The number of pyridine rings is 3. The van der Waals surface area contributed by atoms with Crippen LogP contribution >= 0.6 is 0 Å². The van der Waals surface area contributed by atoms with E-state index in [1.807, 2.05) is 35.9 Å². The monoisotopic (exact) mass is 549 g/mol. The molecule has 2 atom stereocenters. The van der Waals surface area contributed by atoms with Crippen LogP contribution in [0, 0.1) is 12.8 Å². The van der Waals surface area contributed by atoms with Gasteiger partial charge in [0.05, 0.1) is 55.1 Å². The third-order valence-electron chi connectivity index (χ3n) is 7.49. The Kier molecular flexibility index (Phi) is 6.38. The zero-order valence-corrected chi connectivity index (χ0v) is 23.1. The maximum absolute atomic E-state index is 11.9. The van der Waals surface area contributed by atoms with Crippen molar-refractivity contribution < 1.29 is 17.9 Å². The lowest BCUT2D eigenvalue weighted by molar-refractivity contribution is 0.0209. The molecule has 0 amide bonds. The fourth-order valence-corrected chi connectivity index (χ4v) is 6.40. The fourth-order valence-electron chi connectivity index (χ4n) is 5.24. The fraction of sp³-hybridized carbons (Fsp3) is 0.407. The zero-order chi connectivity index (χ0) is 27.3. The molecule has 0 unspecified atom stereocenters. The first kappa shape index (κ1) is 25.5. The van der Waals surface area contributed by atoms with Gasteiger partial charge in [-0.2, -0.15) is 5.10 Å². The van der Waals surface area contributed by atoms with Crippen molar-refractivity contribution in [2.24, 2.45) is 5.92 Å². The Balaban J connectivity index is 1.42. The summed E-state index contributed by atoms with van der Waals surface area (Å²) in [5, 5.41) is 9.08. The second kappa shape index (κ2) is 9.76. The maximum atomic E-state index is 11.9. The van der Waals surface area contributed by atoms with Gasteiger partial charge in [-0.1, -0.05) is 0 Å². The molecule has 0 spiro atoms. The van der Waals surface area contributed by atoms with Gasteiger partial charge in [0, 0.05) is 66.1 Å². The van der Waals surface area contributed by atoms with Crippen LogP contribution in [0.4, 0.5) is 11.5 Å². The number of nitrogens with one attached hydrogen (secondary N) is 1. The molecule has 0 radical (unpaired) electrons. The van der Waals surface area contributed by atoms with Crippen molar-refractivity contribution in [2.75, 3.05) is 49.1 Å². The van der Waals surface area contributed by atoms with E-state index < -0.39 is 9.84 Å². The van der Waals surface area contributed by atoms with E-state index in [1.54, 1.807) is 25.7 Å². The zero-order valence-electron chi connectivity index (χ0n) is 22.3. The molecule has 4 aromatic rings. The second-order valence-electron chi connectivity index (χ2n) is 10.4. The third-order valence-corrected chi connectivity index (χ3v) is 8.53. The van der Waals surface area contributed by atoms with E-state index in [9.17, 15) is 8.42 Å². The van der Waals surface area contributed by atoms with Gasteiger partial charge in [0.1, 0.15) is 21.4 Å². The molecule has 12 heteroatoms. The van der Waals surface area contributed by atoms with Gasteiger partial charge in [0.15, 0.2) is 5.82 Å². The van der Waals surface area contributed by atoms with Crippen molar-refractivity contribution in [1.82, 2.24) is 24.7 Å². The number of anilines is 2. The normalized spacial score (nSPS) is 19.5. The predicted molar refractivity (Wildman–Crippen MR) is 149 cm³/mol. The van der Waals surface area contributed by atoms with E-state index in [0.717, 1.165) is 39.4 Å². The molecule has 39 heavy (non-hydrogen) atoms. The van der Waals surface area contributed by atoms with Crippen LogP contribution in [0.15, 0.2) is 42.9 Å². The lowest BCUT2D eigenvalue weighted by atomic mass is 9.91. The largest absolute Gasteiger partial charge is 0.496 e. The summed E-state index contributed by atoms with van der Waals surface area (Å²) in [6.07, 6.45) is 6.53. The first-order valence-corrected chi connectivity index (χ1v) is 14.9. The molecule has 2 aliphatic rings. The van der Waals surface area contributed by atoms with Crippen LogP contribution in [0.3, 0.4) is 0 Å². The van der Waals surface area contributed by atoms with Crippen molar-refractivity contribution in [3.63, 3.8) is 0 Å². The van der Waals surface area contributed by atoms with E-state index in [1.165, 1.54) is 6.26 Å². The standard InChI is InChI=1S/C27H31N7O4S/c1-16-21-11-29-34(24(21)9-23(30-16)22-10-28-6-5-25(22)37-3)27-8-20(7-26(32-27)31-19-13-38-14-19)33-12-18(17(33)2)15-39(4,35)36/h5-11,17-19H,12-15H2,1-4H3,(H,31,32)/t17-,18-/m1/s1. The van der Waals surface area contributed by atoms with Crippen molar-refractivity contribution in [3.05, 3.63) is 48.5 Å². The smallest absolute Gasteiger partial charge is 0.158 e. The Bertz CT molecular complexity index is 1650. The number of rotatable bonds is 8. The molecule has 0 saturated carbocycles. The molecule has 6 heterocycles. The van der Waals surface area contributed by atoms with Crippen molar-refractivity contribution >= 4 is 32.2 Å². The van der Waals surface area contributed by atoms with E-state index >= 15 is 0 Å². The molecule has 0 bridgehead atoms. The predicted octanol–water partition coefficient (Wildman–Crippen LogP) is 2.87. The van der Waals surface area contributed by atoms with E-state index in [4.69, 9.17) is 24.5 Å². The number of aromatic nitrogens is 5. The molecule has 2 fully saturated rings. The van der Waals surface area contributed by atoms with Gasteiger partial charge >= 0.3 is 0 Å². The van der Waals surface area contributed by atoms with Gasteiger partial charge in [-0.3, -0.25) is 9.97 Å². The van der Waals surface area contributed by atoms with Gasteiger partial charge in [0.25, 0.3) is 0 Å². The van der Waals surface area contributed by atoms with Crippen LogP contribution in [-0.2, 0) is 14.6 Å². The second-order valence-corrected chi connectivity index (χ2v) is 12.5. The van der Waals surface area contributed by atoms with Gasteiger partial charge in [0.2, 0.25) is 0 Å². The average Bonchev–Trinajstić information content (AvgIpc) is 3.32. The minimum Gasteiger partial charge on any atom is -0.496 e. The van der Waals surface area contributed by atoms with Gasteiger partial charge < -0.3 is 19.7 Å². The lowest BCUT2D eigenvalue weighted by Crippen LogP contribution is -2.57. The highest BCUT2D eigenvalue weighted by Crippen LogP contribution is 2.36. The van der Waals surface area contributed by atoms with Crippen molar-refractivity contribution in [1.29, 1.82) is 0 Å². The number of aryl methyl sites for hydroxylation is 1. The third kappa shape index (κ3) is 4.89. The number of methoxy groups -OCH3 is 1. The summed E-state index contributed by atoms with van der Waals surface area (Å²) in [7, 11) is -1.42. The summed E-state index contributed by atoms with van der Waals surface area (Å²) in [5.74, 6) is 2.33. The quantitative estimate of drug-likeness (QED) is 0.351. The van der Waals surface area contributed by atoms with Gasteiger partial charge in [-0.05, 0) is 26.0 Å². The Labute approximate surface area is 227 Å². The summed E-state index contributed by atoms with van der Waals surface area (Å²) < 4.78 is 36.5. The molecule has 2 saturated heterocycles. The molecular formula is C27H31N7O4S. The first-order chi connectivity index (χ1) is 18.7. The van der Waals surface area contributed by atoms with Crippen molar-refractivity contribution in [3.8, 4) is 22.8 Å². The molecule has 1 N–H and O–H groups in total.